The lowest BCUT2D eigenvalue weighted by Crippen LogP contribution is -2.41. The Balaban J connectivity index is 1.54. The number of ether oxygens (including phenoxy) is 3. The smallest absolute Gasteiger partial charge is 0.272 e. The van der Waals surface area contributed by atoms with E-state index in [-0.39, 0.29) is 23.8 Å². The quantitative estimate of drug-likeness (QED) is 0.402. The van der Waals surface area contributed by atoms with Gasteiger partial charge in [-0.3, -0.25) is 10.1 Å². The first-order chi connectivity index (χ1) is 16.0. The molecule has 2 saturated heterocycles. The van der Waals surface area contributed by atoms with Crippen LogP contribution >= 0.6 is 0 Å². The van der Waals surface area contributed by atoms with Crippen LogP contribution in [0, 0.1) is 15.9 Å². The topological polar surface area (TPSA) is 91.9 Å². The molecular weight excluding hydrogens is 431 g/mol. The first-order valence-corrected chi connectivity index (χ1v) is 11.1. The molecule has 0 aliphatic carbocycles. The number of halogens is 1. The molecule has 1 unspecified atom stereocenters. The Hall–Kier alpha value is -3.24. The summed E-state index contributed by atoms with van der Waals surface area (Å²) in [6, 6.07) is 7.14. The van der Waals surface area contributed by atoms with Crippen molar-refractivity contribution >= 4 is 22.3 Å². The van der Waals surface area contributed by atoms with Crippen LogP contribution in [0.1, 0.15) is 32.4 Å². The van der Waals surface area contributed by atoms with Gasteiger partial charge in [0.2, 0.25) is 0 Å². The minimum atomic E-state index is -0.795. The van der Waals surface area contributed by atoms with Gasteiger partial charge in [-0.1, -0.05) is 0 Å². The van der Waals surface area contributed by atoms with Crippen molar-refractivity contribution in [2.45, 2.75) is 38.5 Å². The summed E-state index contributed by atoms with van der Waals surface area (Å²) in [6.07, 6.45) is 4.89. The maximum absolute atomic E-state index is 14.6. The van der Waals surface area contributed by atoms with Gasteiger partial charge in [-0.15, -0.1) is 0 Å². The van der Waals surface area contributed by atoms with Crippen LogP contribution in [0.4, 0.5) is 15.8 Å². The summed E-state index contributed by atoms with van der Waals surface area (Å²) in [7, 11) is 0. The van der Waals surface area contributed by atoms with Gasteiger partial charge in [-0.05, 0) is 44.4 Å². The average molecular weight is 456 g/mol. The van der Waals surface area contributed by atoms with Gasteiger partial charge < -0.3 is 19.1 Å². The molecule has 2 aliphatic rings. The van der Waals surface area contributed by atoms with Gasteiger partial charge in [0.05, 0.1) is 34.9 Å². The van der Waals surface area contributed by atoms with E-state index in [0.29, 0.717) is 32.1 Å². The summed E-state index contributed by atoms with van der Waals surface area (Å²) in [5, 5.41) is 16.5. The molecule has 33 heavy (non-hydrogen) atoms. The molecule has 0 spiro atoms. The minimum Gasteiger partial charge on any atom is -0.452 e. The molecule has 0 amide bonds. The summed E-state index contributed by atoms with van der Waals surface area (Å²) in [5.41, 5.74) is 1.23. The van der Waals surface area contributed by atoms with Gasteiger partial charge in [0.15, 0.2) is 17.3 Å². The molecule has 0 bridgehead atoms. The highest BCUT2D eigenvalue weighted by molar-refractivity contribution is 5.86. The Labute approximate surface area is 189 Å². The van der Waals surface area contributed by atoms with Crippen LogP contribution in [0.2, 0.25) is 0 Å². The van der Waals surface area contributed by atoms with E-state index in [2.05, 4.69) is 4.90 Å². The third-order valence-electron chi connectivity index (χ3n) is 5.98. The van der Waals surface area contributed by atoms with Crippen LogP contribution in [0.15, 0.2) is 36.5 Å². The zero-order valence-corrected chi connectivity index (χ0v) is 18.3. The molecular formula is C23H25FN4O5. The number of nitro groups is 1. The van der Waals surface area contributed by atoms with Crippen molar-refractivity contribution in [3.05, 3.63) is 52.5 Å². The van der Waals surface area contributed by atoms with Crippen LogP contribution in [-0.4, -0.2) is 47.1 Å². The number of benzene rings is 2. The van der Waals surface area contributed by atoms with Crippen LogP contribution in [0.25, 0.3) is 10.9 Å². The number of nitro benzene ring substituents is 1. The lowest BCUT2D eigenvalue weighted by atomic mass is 10.1. The number of aromatic nitrogens is 2. The molecule has 10 heteroatoms. The Morgan fingerprint density at radius 3 is 2.79 bits per heavy atom. The molecule has 0 N–H and O–H groups in total. The molecule has 2 aromatic carbocycles. The van der Waals surface area contributed by atoms with E-state index in [0.717, 1.165) is 41.9 Å². The SMILES string of the molecule is C[C@@H]1CN(c2cc3nn(C4CCCCO4)cc3cc2Oc2ccc([N+](=O)[O-])cc2F)CCO1. The van der Waals surface area contributed by atoms with Gasteiger partial charge in [-0.2, -0.15) is 5.10 Å². The largest absolute Gasteiger partial charge is 0.452 e. The van der Waals surface area contributed by atoms with Gasteiger partial charge >= 0.3 is 0 Å². The average Bonchev–Trinajstić information content (AvgIpc) is 3.23. The number of nitrogens with zero attached hydrogens (tertiary/aromatic N) is 4. The Morgan fingerprint density at radius 1 is 1.18 bits per heavy atom. The van der Waals surface area contributed by atoms with Crippen molar-refractivity contribution in [3.63, 3.8) is 0 Å². The number of anilines is 1. The van der Waals surface area contributed by atoms with E-state index in [1.807, 2.05) is 29.9 Å². The van der Waals surface area contributed by atoms with Crippen molar-refractivity contribution < 1.29 is 23.5 Å². The maximum atomic E-state index is 14.6. The monoisotopic (exact) mass is 456 g/mol. The predicted octanol–water partition coefficient (Wildman–Crippen LogP) is 4.80. The first-order valence-electron chi connectivity index (χ1n) is 11.1. The third-order valence-corrected chi connectivity index (χ3v) is 5.98. The number of fused-ring (bicyclic) bond motifs is 1. The zero-order chi connectivity index (χ0) is 22.9. The molecule has 2 aliphatic heterocycles. The second-order valence-electron chi connectivity index (χ2n) is 8.41. The number of hydrogen-bond donors (Lipinski definition) is 0. The van der Waals surface area contributed by atoms with E-state index in [4.69, 9.17) is 19.3 Å². The van der Waals surface area contributed by atoms with Gasteiger partial charge in [-0.25, -0.2) is 9.07 Å². The molecule has 0 saturated carbocycles. The fourth-order valence-electron chi connectivity index (χ4n) is 4.31. The Bertz CT molecular complexity index is 1180. The second kappa shape index (κ2) is 8.95. The predicted molar refractivity (Wildman–Crippen MR) is 119 cm³/mol. The van der Waals surface area contributed by atoms with Crippen LogP contribution in [-0.2, 0) is 9.47 Å². The molecule has 174 valence electrons. The minimum absolute atomic E-state index is 0.0339. The number of hydrogen-bond acceptors (Lipinski definition) is 7. The van der Waals surface area contributed by atoms with Crippen molar-refractivity contribution in [1.29, 1.82) is 0 Å². The van der Waals surface area contributed by atoms with Gasteiger partial charge in [0.1, 0.15) is 6.23 Å². The summed E-state index contributed by atoms with van der Waals surface area (Å²) in [6.45, 7) is 4.58. The molecule has 9 nitrogen and oxygen atoms in total. The number of rotatable bonds is 5. The molecule has 3 aromatic rings. The van der Waals surface area contributed by atoms with Crippen molar-refractivity contribution in [2.24, 2.45) is 0 Å². The van der Waals surface area contributed by atoms with E-state index in [9.17, 15) is 14.5 Å². The maximum Gasteiger partial charge on any atom is 0.272 e. The fourth-order valence-corrected chi connectivity index (χ4v) is 4.31. The summed E-state index contributed by atoms with van der Waals surface area (Å²) in [5.74, 6) is -0.420. The molecule has 2 fully saturated rings. The molecule has 0 radical (unpaired) electrons. The van der Waals surface area contributed by atoms with E-state index < -0.39 is 10.7 Å². The van der Waals surface area contributed by atoms with Crippen molar-refractivity contribution in [1.82, 2.24) is 9.78 Å². The Kier molecular flexibility index (Phi) is 5.86. The fraction of sp³-hybridized carbons (Fsp3) is 0.435. The van der Waals surface area contributed by atoms with E-state index in [1.165, 1.54) is 12.1 Å². The van der Waals surface area contributed by atoms with Gasteiger partial charge in [0, 0.05) is 37.3 Å². The summed E-state index contributed by atoms with van der Waals surface area (Å²) < 4.78 is 33.9. The highest BCUT2D eigenvalue weighted by Gasteiger charge is 2.24. The molecule has 3 heterocycles. The number of non-ortho nitro benzene ring substituents is 1. The van der Waals surface area contributed by atoms with Crippen LogP contribution < -0.4 is 9.64 Å². The summed E-state index contributed by atoms with van der Waals surface area (Å²) in [4.78, 5) is 12.4. The highest BCUT2D eigenvalue weighted by atomic mass is 19.1. The third kappa shape index (κ3) is 4.49. The molecule has 2 atom stereocenters. The summed E-state index contributed by atoms with van der Waals surface area (Å²) >= 11 is 0. The van der Waals surface area contributed by atoms with E-state index in [1.54, 1.807) is 0 Å². The molecule has 1 aromatic heterocycles. The zero-order valence-electron chi connectivity index (χ0n) is 18.3. The van der Waals surface area contributed by atoms with Crippen molar-refractivity contribution in [2.75, 3.05) is 31.2 Å². The second-order valence-corrected chi connectivity index (χ2v) is 8.41. The highest BCUT2D eigenvalue weighted by Crippen LogP contribution is 2.38. The first kappa shape index (κ1) is 21.6. The van der Waals surface area contributed by atoms with Gasteiger partial charge in [0.25, 0.3) is 5.69 Å². The molecule has 5 rings (SSSR count). The Morgan fingerprint density at radius 2 is 2.06 bits per heavy atom. The normalized spacial score (nSPS) is 21.3. The lowest BCUT2D eigenvalue weighted by molar-refractivity contribution is -0.385. The van der Waals surface area contributed by atoms with Crippen molar-refractivity contribution in [3.8, 4) is 11.5 Å². The van der Waals surface area contributed by atoms with Crippen LogP contribution in [0.3, 0.4) is 0 Å². The number of morpholine rings is 1. The van der Waals surface area contributed by atoms with E-state index >= 15 is 0 Å². The standard InChI is InChI=1S/C23H25FN4O5/c1-15-13-26(7-9-31-15)20-12-19-16(14-27(25-19)23-4-2-3-8-32-23)10-22(20)33-21-6-5-17(28(29)30)11-18(21)24/h5-6,10-12,14-15,23H,2-4,7-9,13H2,1H3/t15-,23?/m1/s1. The lowest BCUT2D eigenvalue weighted by Gasteiger charge is -2.33. The van der Waals surface area contributed by atoms with Crippen LogP contribution in [0.5, 0.6) is 11.5 Å².